The highest BCUT2D eigenvalue weighted by Gasteiger charge is 2.18. The third-order valence-electron chi connectivity index (χ3n) is 4.47. The minimum Gasteiger partial charge on any atom is -0.494 e. The molecule has 0 aliphatic carbocycles. The molecular formula is C22H23FN2O4S2. The first-order valence-electron chi connectivity index (χ1n) is 9.61. The van der Waals surface area contributed by atoms with Gasteiger partial charge in [-0.05, 0) is 60.3 Å². The van der Waals surface area contributed by atoms with Crippen molar-refractivity contribution >= 4 is 27.3 Å². The molecule has 0 atom stereocenters. The summed E-state index contributed by atoms with van der Waals surface area (Å²) >= 11 is 1.46. The largest absolute Gasteiger partial charge is 0.494 e. The maximum absolute atomic E-state index is 12.9. The van der Waals surface area contributed by atoms with Gasteiger partial charge in [0.25, 0.3) is 5.91 Å². The van der Waals surface area contributed by atoms with Gasteiger partial charge in [-0.1, -0.05) is 12.1 Å². The predicted molar refractivity (Wildman–Crippen MR) is 118 cm³/mol. The lowest BCUT2D eigenvalue weighted by Crippen LogP contribution is -2.29. The van der Waals surface area contributed by atoms with E-state index in [0.717, 1.165) is 4.88 Å². The monoisotopic (exact) mass is 462 g/mol. The zero-order valence-electron chi connectivity index (χ0n) is 17.0. The highest BCUT2D eigenvalue weighted by atomic mass is 32.2. The minimum absolute atomic E-state index is 0.0444. The Balaban J connectivity index is 1.53. The van der Waals surface area contributed by atoms with Crippen molar-refractivity contribution in [2.75, 3.05) is 20.2 Å². The van der Waals surface area contributed by atoms with Gasteiger partial charge in [0.1, 0.15) is 11.6 Å². The maximum atomic E-state index is 12.9. The summed E-state index contributed by atoms with van der Waals surface area (Å²) in [5, 5.41) is 1.88. The number of nitrogens with zero attached hydrogens (tertiary/aromatic N) is 1. The third kappa shape index (κ3) is 6.61. The van der Waals surface area contributed by atoms with Crippen LogP contribution in [0.15, 0.2) is 70.9 Å². The van der Waals surface area contributed by atoms with Gasteiger partial charge in [-0.15, -0.1) is 11.3 Å². The van der Waals surface area contributed by atoms with Gasteiger partial charge in [0.2, 0.25) is 10.0 Å². The molecule has 9 heteroatoms. The second kappa shape index (κ2) is 10.5. The Morgan fingerprint density at radius 1 is 1.13 bits per heavy atom. The quantitative estimate of drug-likeness (QED) is 0.464. The third-order valence-corrected chi connectivity index (χ3v) is 6.75. The normalized spacial score (nSPS) is 11.3. The highest BCUT2D eigenvalue weighted by Crippen LogP contribution is 2.16. The van der Waals surface area contributed by atoms with Gasteiger partial charge in [-0.2, -0.15) is 0 Å². The van der Waals surface area contributed by atoms with Gasteiger partial charge in [0.05, 0.1) is 11.5 Å². The number of amides is 1. The van der Waals surface area contributed by atoms with Crippen molar-refractivity contribution in [2.45, 2.75) is 17.9 Å². The Morgan fingerprint density at radius 3 is 2.61 bits per heavy atom. The van der Waals surface area contributed by atoms with Gasteiger partial charge in [-0.25, -0.2) is 17.5 Å². The standard InChI is InChI=1S/C22H23FN2O4S2/c1-25(12-4-13-29-19-10-8-18(23)9-11-19)22(26)17-5-2-7-21(15-17)31(27,28)24-16-20-6-3-14-30-20/h2-3,5-11,14-15,24H,4,12-13,16H2,1H3. The fraction of sp³-hybridized carbons (Fsp3) is 0.227. The Hall–Kier alpha value is -2.75. The Kier molecular flexibility index (Phi) is 7.78. The lowest BCUT2D eigenvalue weighted by atomic mass is 10.2. The molecule has 1 N–H and O–H groups in total. The van der Waals surface area contributed by atoms with Gasteiger partial charge >= 0.3 is 0 Å². The summed E-state index contributed by atoms with van der Waals surface area (Å²) in [7, 11) is -2.08. The molecule has 0 bridgehead atoms. The average Bonchev–Trinajstić information content (AvgIpc) is 3.30. The van der Waals surface area contributed by atoms with Crippen molar-refractivity contribution in [1.29, 1.82) is 0 Å². The second-order valence-corrected chi connectivity index (χ2v) is 9.61. The molecule has 0 saturated heterocycles. The summed E-state index contributed by atoms with van der Waals surface area (Å²) in [6.07, 6.45) is 0.569. The summed E-state index contributed by atoms with van der Waals surface area (Å²) in [4.78, 5) is 15.2. The van der Waals surface area contributed by atoms with Crippen LogP contribution >= 0.6 is 11.3 Å². The number of rotatable bonds is 10. The Bertz CT molecular complexity index is 1100. The molecule has 0 unspecified atom stereocenters. The summed E-state index contributed by atoms with van der Waals surface area (Å²) < 4.78 is 46.1. The smallest absolute Gasteiger partial charge is 0.253 e. The molecule has 3 aromatic rings. The summed E-state index contributed by atoms with van der Waals surface area (Å²) in [6.45, 7) is 0.990. The van der Waals surface area contributed by atoms with Gasteiger partial charge in [-0.3, -0.25) is 4.79 Å². The summed E-state index contributed by atoms with van der Waals surface area (Å²) in [6, 6.07) is 15.4. The first kappa shape index (κ1) is 22.9. The van der Waals surface area contributed by atoms with Crippen molar-refractivity contribution in [3.8, 4) is 5.75 Å². The number of thiophene rings is 1. The lowest BCUT2D eigenvalue weighted by molar-refractivity contribution is 0.0787. The van der Waals surface area contributed by atoms with E-state index in [0.29, 0.717) is 30.9 Å². The van der Waals surface area contributed by atoms with Crippen LogP contribution in [0.3, 0.4) is 0 Å². The number of hydrogen-bond donors (Lipinski definition) is 1. The van der Waals surface area contributed by atoms with Crippen LogP contribution in [0.2, 0.25) is 0 Å². The van der Waals surface area contributed by atoms with E-state index in [1.807, 2.05) is 17.5 Å². The number of ether oxygens (including phenoxy) is 1. The molecule has 6 nitrogen and oxygen atoms in total. The number of carbonyl (C=O) groups excluding carboxylic acids is 1. The van der Waals surface area contributed by atoms with Gasteiger partial charge in [0.15, 0.2) is 0 Å². The topological polar surface area (TPSA) is 75.7 Å². The molecule has 31 heavy (non-hydrogen) atoms. The minimum atomic E-state index is -3.73. The maximum Gasteiger partial charge on any atom is 0.253 e. The molecule has 1 aromatic heterocycles. The van der Waals surface area contributed by atoms with Crippen LogP contribution < -0.4 is 9.46 Å². The van der Waals surface area contributed by atoms with Crippen LogP contribution in [0.1, 0.15) is 21.7 Å². The van der Waals surface area contributed by atoms with Gasteiger partial charge < -0.3 is 9.64 Å². The molecule has 0 spiro atoms. The zero-order chi connectivity index (χ0) is 22.3. The molecular weight excluding hydrogens is 439 g/mol. The fourth-order valence-corrected chi connectivity index (χ4v) is 4.59. The molecule has 2 aromatic carbocycles. The number of hydrogen-bond acceptors (Lipinski definition) is 5. The Labute approximate surface area is 185 Å². The second-order valence-electron chi connectivity index (χ2n) is 6.81. The summed E-state index contributed by atoms with van der Waals surface area (Å²) in [5.74, 6) is -0.0518. The molecule has 164 valence electrons. The van der Waals surface area contributed by atoms with Crippen molar-refractivity contribution in [3.05, 3.63) is 82.3 Å². The van der Waals surface area contributed by atoms with Crippen LogP contribution in [-0.2, 0) is 16.6 Å². The van der Waals surface area contributed by atoms with Crippen LogP contribution in [0, 0.1) is 5.82 Å². The number of nitrogens with one attached hydrogen (secondary N) is 1. The molecule has 0 aliphatic heterocycles. The van der Waals surface area contributed by atoms with E-state index in [1.165, 1.54) is 40.5 Å². The van der Waals surface area contributed by atoms with Crippen molar-refractivity contribution in [3.63, 3.8) is 0 Å². The Morgan fingerprint density at radius 2 is 1.90 bits per heavy atom. The molecule has 0 aliphatic rings. The van der Waals surface area contributed by atoms with E-state index in [9.17, 15) is 17.6 Å². The SMILES string of the molecule is CN(CCCOc1ccc(F)cc1)C(=O)c1cccc(S(=O)(=O)NCc2cccs2)c1. The van der Waals surface area contributed by atoms with Crippen LogP contribution in [-0.4, -0.2) is 39.4 Å². The van der Waals surface area contributed by atoms with Crippen LogP contribution in [0.25, 0.3) is 0 Å². The average molecular weight is 463 g/mol. The first-order chi connectivity index (χ1) is 14.8. The van der Waals surface area contributed by atoms with E-state index < -0.39 is 10.0 Å². The van der Waals surface area contributed by atoms with Crippen molar-refractivity contribution < 1.29 is 22.3 Å². The van der Waals surface area contributed by atoms with E-state index in [1.54, 1.807) is 31.3 Å². The zero-order valence-corrected chi connectivity index (χ0v) is 18.6. The van der Waals surface area contributed by atoms with Crippen LogP contribution in [0.4, 0.5) is 4.39 Å². The number of benzene rings is 2. The molecule has 1 amide bonds. The number of carbonyl (C=O) groups is 1. The number of sulfonamides is 1. The molecule has 1 heterocycles. The first-order valence-corrected chi connectivity index (χ1v) is 12.0. The molecule has 0 fully saturated rings. The van der Waals surface area contributed by atoms with E-state index in [2.05, 4.69) is 4.72 Å². The summed E-state index contributed by atoms with van der Waals surface area (Å²) in [5.41, 5.74) is 0.293. The van der Waals surface area contributed by atoms with Crippen LogP contribution in [0.5, 0.6) is 5.75 Å². The lowest BCUT2D eigenvalue weighted by Gasteiger charge is -2.18. The molecule has 3 rings (SSSR count). The molecule has 0 radical (unpaired) electrons. The van der Waals surface area contributed by atoms with E-state index >= 15 is 0 Å². The van der Waals surface area contributed by atoms with Crippen molar-refractivity contribution in [2.24, 2.45) is 0 Å². The van der Waals surface area contributed by atoms with E-state index in [4.69, 9.17) is 4.74 Å². The highest BCUT2D eigenvalue weighted by molar-refractivity contribution is 7.89. The number of halogens is 1. The fourth-order valence-electron chi connectivity index (χ4n) is 2.80. The van der Waals surface area contributed by atoms with E-state index in [-0.39, 0.29) is 23.2 Å². The van der Waals surface area contributed by atoms with Crippen molar-refractivity contribution in [1.82, 2.24) is 9.62 Å². The molecule has 0 saturated carbocycles. The predicted octanol–water partition coefficient (Wildman–Crippen LogP) is 3.91. The van der Waals surface area contributed by atoms with Gasteiger partial charge in [0, 0.05) is 30.6 Å².